The maximum absolute atomic E-state index is 12.4. The molecular weight excluding hydrogens is 360 g/mol. The minimum atomic E-state index is -0.680. The molecule has 5 nitrogen and oxygen atoms in total. The highest BCUT2D eigenvalue weighted by molar-refractivity contribution is 7.99. The van der Waals surface area contributed by atoms with Crippen LogP contribution in [-0.2, 0) is 20.9 Å². The van der Waals surface area contributed by atoms with Crippen LogP contribution in [-0.4, -0.2) is 46.1 Å². The fraction of sp³-hybridized carbons (Fsp3) is 0.500. The third kappa shape index (κ3) is 5.75. The summed E-state index contributed by atoms with van der Waals surface area (Å²) < 4.78 is 0. The van der Waals surface area contributed by atoms with Gasteiger partial charge in [-0.25, -0.2) is 0 Å². The third-order valence-corrected chi connectivity index (χ3v) is 5.32. The molecule has 0 saturated carbocycles. The number of benzene rings is 1. The van der Waals surface area contributed by atoms with Crippen molar-refractivity contribution in [3.05, 3.63) is 34.9 Å². The van der Waals surface area contributed by atoms with Crippen LogP contribution in [0.3, 0.4) is 0 Å². The van der Waals surface area contributed by atoms with Crippen molar-refractivity contribution >= 4 is 41.0 Å². The number of nitrogens with one attached hydrogen (secondary N) is 1. The van der Waals surface area contributed by atoms with Gasteiger partial charge in [-0.05, 0) is 29.4 Å². The van der Waals surface area contributed by atoms with Gasteiger partial charge in [-0.3, -0.25) is 14.4 Å². The molecule has 0 spiro atoms. The summed E-state index contributed by atoms with van der Waals surface area (Å²) in [7, 11) is 0. The molecule has 1 heterocycles. The fourth-order valence-electron chi connectivity index (χ4n) is 2.69. The van der Waals surface area contributed by atoms with Gasteiger partial charge in [-0.15, -0.1) is 0 Å². The minimum absolute atomic E-state index is 0.100. The smallest absolute Gasteiger partial charge is 0.289 e. The van der Waals surface area contributed by atoms with Gasteiger partial charge in [0.15, 0.2) is 0 Å². The number of thioether (sulfide) groups is 1. The van der Waals surface area contributed by atoms with Crippen molar-refractivity contribution in [2.45, 2.75) is 44.5 Å². The van der Waals surface area contributed by atoms with Gasteiger partial charge in [0.2, 0.25) is 11.7 Å². The first-order chi connectivity index (χ1) is 11.9. The normalized spacial score (nSPS) is 17.2. The second-order valence-corrected chi connectivity index (χ2v) is 8.36. The summed E-state index contributed by atoms with van der Waals surface area (Å²) >= 11 is 7.59. The molecule has 0 bridgehead atoms. The first kappa shape index (κ1) is 19.8. The predicted molar refractivity (Wildman–Crippen MR) is 101 cm³/mol. The third-order valence-electron chi connectivity index (χ3n) is 3.96. The van der Waals surface area contributed by atoms with Crippen LogP contribution >= 0.6 is 23.4 Å². The second kappa shape index (κ2) is 9.25. The van der Waals surface area contributed by atoms with Crippen LogP contribution in [0.5, 0.6) is 0 Å². The van der Waals surface area contributed by atoms with Crippen LogP contribution in [0.25, 0.3) is 0 Å². The van der Waals surface area contributed by atoms with Crippen molar-refractivity contribution in [2.24, 2.45) is 0 Å². The molecule has 7 heteroatoms. The van der Waals surface area contributed by atoms with E-state index in [1.54, 1.807) is 23.9 Å². The van der Waals surface area contributed by atoms with E-state index in [4.69, 9.17) is 11.6 Å². The number of likely N-dealkylation sites (tertiary alicyclic amines) is 1. The Hall–Kier alpha value is -1.53. The molecule has 1 atom stereocenters. The average Bonchev–Trinajstić information content (AvgIpc) is 2.93. The summed E-state index contributed by atoms with van der Waals surface area (Å²) in [6.45, 7) is 4.92. The molecule has 1 fully saturated rings. The van der Waals surface area contributed by atoms with Crippen LogP contribution in [0, 0.1) is 0 Å². The van der Waals surface area contributed by atoms with E-state index in [1.807, 2.05) is 12.1 Å². The van der Waals surface area contributed by atoms with E-state index >= 15 is 0 Å². The standard InChI is InChI=1S/C18H23ClN2O3S/c1-12(2)25-10-9-20-18(24)17(23)15-7-8-16(22)21(15)11-13-3-5-14(19)6-4-13/h3-6,12,15H,7-11H2,1-2H3,(H,20,24). The molecule has 1 saturated heterocycles. The molecule has 1 aromatic rings. The number of carbonyl (C=O) groups is 3. The van der Waals surface area contributed by atoms with Gasteiger partial charge >= 0.3 is 0 Å². The van der Waals surface area contributed by atoms with Crippen LogP contribution in [0.1, 0.15) is 32.3 Å². The molecular formula is C18H23ClN2O3S. The molecule has 0 aliphatic carbocycles. The van der Waals surface area contributed by atoms with Gasteiger partial charge < -0.3 is 10.2 Å². The maximum Gasteiger partial charge on any atom is 0.289 e. The summed E-state index contributed by atoms with van der Waals surface area (Å²) in [4.78, 5) is 38.2. The number of nitrogens with zero attached hydrogens (tertiary/aromatic N) is 1. The molecule has 1 aliphatic heterocycles. The number of hydrogen-bond donors (Lipinski definition) is 1. The molecule has 1 N–H and O–H groups in total. The van der Waals surface area contributed by atoms with Crippen molar-refractivity contribution < 1.29 is 14.4 Å². The topological polar surface area (TPSA) is 66.5 Å². The number of carbonyl (C=O) groups excluding carboxylic acids is 3. The predicted octanol–water partition coefficient (Wildman–Crippen LogP) is 2.66. The van der Waals surface area contributed by atoms with E-state index in [0.29, 0.717) is 36.2 Å². The van der Waals surface area contributed by atoms with Crippen LogP contribution in [0.4, 0.5) is 0 Å². The summed E-state index contributed by atoms with van der Waals surface area (Å²) in [5.41, 5.74) is 0.881. The molecule has 2 rings (SSSR count). The Morgan fingerprint density at radius 2 is 2.00 bits per heavy atom. The summed E-state index contributed by atoms with van der Waals surface area (Å²) in [5.74, 6) is -0.481. The SMILES string of the molecule is CC(C)SCCNC(=O)C(=O)C1CCC(=O)N1Cc1ccc(Cl)cc1. The Kier molecular flexibility index (Phi) is 7.32. The monoisotopic (exact) mass is 382 g/mol. The highest BCUT2D eigenvalue weighted by Gasteiger charge is 2.38. The summed E-state index contributed by atoms with van der Waals surface area (Å²) in [6.07, 6.45) is 0.680. The molecule has 1 aliphatic rings. The number of Topliss-reactive ketones (excluding diaryl/α,β-unsaturated/α-hetero) is 1. The van der Waals surface area contributed by atoms with Gasteiger partial charge in [0, 0.05) is 30.3 Å². The molecule has 0 radical (unpaired) electrons. The fourth-order valence-corrected chi connectivity index (χ4v) is 3.51. The molecule has 0 aromatic heterocycles. The second-order valence-electron chi connectivity index (χ2n) is 6.24. The van der Waals surface area contributed by atoms with Crippen LogP contribution < -0.4 is 5.32 Å². The van der Waals surface area contributed by atoms with Gasteiger partial charge in [0.05, 0.1) is 0 Å². The number of amides is 2. The van der Waals surface area contributed by atoms with E-state index in [1.165, 1.54) is 4.90 Å². The maximum atomic E-state index is 12.4. The zero-order chi connectivity index (χ0) is 18.4. The van der Waals surface area contributed by atoms with Crippen molar-refractivity contribution in [1.29, 1.82) is 0 Å². The molecule has 25 heavy (non-hydrogen) atoms. The molecule has 1 aromatic carbocycles. The van der Waals surface area contributed by atoms with Gasteiger partial charge in [-0.1, -0.05) is 37.6 Å². The molecule has 2 amide bonds. The lowest BCUT2D eigenvalue weighted by molar-refractivity contribution is -0.143. The van der Waals surface area contributed by atoms with Gasteiger partial charge in [0.1, 0.15) is 6.04 Å². The minimum Gasteiger partial charge on any atom is -0.349 e. The van der Waals surface area contributed by atoms with Gasteiger partial charge in [-0.2, -0.15) is 11.8 Å². The Bertz CT molecular complexity index is 634. The summed E-state index contributed by atoms with van der Waals surface area (Å²) in [6, 6.07) is 6.44. The number of ketones is 1. The first-order valence-electron chi connectivity index (χ1n) is 8.36. The van der Waals surface area contributed by atoms with Gasteiger partial charge in [0.25, 0.3) is 5.91 Å². The highest BCUT2D eigenvalue weighted by Crippen LogP contribution is 2.23. The van der Waals surface area contributed by atoms with E-state index in [2.05, 4.69) is 19.2 Å². The van der Waals surface area contributed by atoms with Crippen molar-refractivity contribution in [3.63, 3.8) is 0 Å². The largest absolute Gasteiger partial charge is 0.349 e. The van der Waals surface area contributed by atoms with E-state index in [-0.39, 0.29) is 5.91 Å². The Morgan fingerprint density at radius 3 is 2.64 bits per heavy atom. The summed E-state index contributed by atoms with van der Waals surface area (Å²) in [5, 5.41) is 3.75. The van der Waals surface area contributed by atoms with E-state index in [0.717, 1.165) is 11.3 Å². The van der Waals surface area contributed by atoms with Crippen molar-refractivity contribution in [2.75, 3.05) is 12.3 Å². The lowest BCUT2D eigenvalue weighted by Crippen LogP contribution is -2.45. The van der Waals surface area contributed by atoms with Crippen molar-refractivity contribution in [1.82, 2.24) is 10.2 Å². The number of halogens is 1. The lowest BCUT2D eigenvalue weighted by Gasteiger charge is -2.23. The Balaban J connectivity index is 1.93. The molecule has 1 unspecified atom stereocenters. The van der Waals surface area contributed by atoms with Crippen LogP contribution in [0.2, 0.25) is 5.02 Å². The van der Waals surface area contributed by atoms with Crippen molar-refractivity contribution in [3.8, 4) is 0 Å². The quantitative estimate of drug-likeness (QED) is 0.554. The first-order valence-corrected chi connectivity index (χ1v) is 9.78. The Labute approximate surface area is 157 Å². The Morgan fingerprint density at radius 1 is 1.32 bits per heavy atom. The lowest BCUT2D eigenvalue weighted by atomic mass is 10.1. The highest BCUT2D eigenvalue weighted by atomic mass is 35.5. The van der Waals surface area contributed by atoms with Crippen LogP contribution in [0.15, 0.2) is 24.3 Å². The number of rotatable bonds is 8. The van der Waals surface area contributed by atoms with E-state index in [9.17, 15) is 14.4 Å². The zero-order valence-corrected chi connectivity index (χ0v) is 16.0. The number of hydrogen-bond acceptors (Lipinski definition) is 4. The molecule has 136 valence electrons. The zero-order valence-electron chi connectivity index (χ0n) is 14.5. The van der Waals surface area contributed by atoms with E-state index < -0.39 is 17.7 Å². The average molecular weight is 383 g/mol.